The predicted molar refractivity (Wildman–Crippen MR) is 65.8 cm³/mol. The van der Waals surface area contributed by atoms with E-state index in [1.165, 1.54) is 0 Å². The maximum atomic E-state index is 11.6. The number of hydrogen-bond acceptors (Lipinski definition) is 3. The van der Waals surface area contributed by atoms with Crippen LogP contribution in [0.1, 0.15) is 43.9 Å². The van der Waals surface area contributed by atoms with Gasteiger partial charge in [0.25, 0.3) is 0 Å². The molecular formula is C12H16ClN3O. The van der Waals surface area contributed by atoms with Crippen LogP contribution in [0.25, 0.3) is 0 Å². The average Bonchev–Trinajstić information content (AvgIpc) is 2.67. The van der Waals surface area contributed by atoms with Gasteiger partial charge in [-0.1, -0.05) is 13.8 Å². The Morgan fingerprint density at radius 3 is 2.88 bits per heavy atom. The second kappa shape index (κ2) is 5.00. The topological polar surface area (TPSA) is 46.1 Å². The van der Waals surface area contributed by atoms with Crippen LogP contribution in [0.3, 0.4) is 0 Å². The number of aromatic nitrogens is 2. The number of carbonyl (C=O) groups is 1. The molecule has 0 aromatic carbocycles. The molecule has 17 heavy (non-hydrogen) atoms. The number of amides is 1. The van der Waals surface area contributed by atoms with Crippen LogP contribution < -0.4 is 0 Å². The lowest BCUT2D eigenvalue weighted by Crippen LogP contribution is -2.25. The predicted octanol–water partition coefficient (Wildman–Crippen LogP) is 2.38. The standard InChI is InChI=1S/C12H16ClN3O/c1-8(2)11-9(6-14-12(13)15-11)7-16-5-3-4-10(16)17/h6,8H,3-5,7H2,1-2H3. The van der Waals surface area contributed by atoms with Crippen molar-refractivity contribution in [3.63, 3.8) is 0 Å². The minimum Gasteiger partial charge on any atom is -0.338 e. The summed E-state index contributed by atoms with van der Waals surface area (Å²) in [5, 5.41) is 0.269. The molecule has 0 radical (unpaired) electrons. The fourth-order valence-corrected chi connectivity index (χ4v) is 2.24. The fraction of sp³-hybridized carbons (Fsp3) is 0.583. The third-order valence-electron chi connectivity index (χ3n) is 2.95. The Bertz CT molecular complexity index is 434. The average molecular weight is 254 g/mol. The highest BCUT2D eigenvalue weighted by atomic mass is 35.5. The molecule has 1 saturated heterocycles. The third kappa shape index (κ3) is 2.75. The SMILES string of the molecule is CC(C)c1nc(Cl)ncc1CN1CCCC1=O. The normalized spacial score (nSPS) is 16.0. The molecule has 1 amide bonds. The largest absolute Gasteiger partial charge is 0.338 e. The summed E-state index contributed by atoms with van der Waals surface area (Å²) in [6, 6.07) is 0. The summed E-state index contributed by atoms with van der Waals surface area (Å²) < 4.78 is 0. The van der Waals surface area contributed by atoms with Crippen LogP contribution in [0.15, 0.2) is 6.20 Å². The molecule has 0 spiro atoms. The number of likely N-dealkylation sites (tertiary alicyclic amines) is 1. The Kier molecular flexibility index (Phi) is 3.62. The van der Waals surface area contributed by atoms with Crippen molar-refractivity contribution in [2.75, 3.05) is 6.54 Å². The number of nitrogens with zero attached hydrogens (tertiary/aromatic N) is 3. The molecule has 0 atom stereocenters. The van der Waals surface area contributed by atoms with Crippen molar-refractivity contribution in [3.8, 4) is 0 Å². The summed E-state index contributed by atoms with van der Waals surface area (Å²) in [4.78, 5) is 21.7. The van der Waals surface area contributed by atoms with Gasteiger partial charge < -0.3 is 4.90 Å². The molecule has 0 aliphatic carbocycles. The van der Waals surface area contributed by atoms with Crippen molar-refractivity contribution >= 4 is 17.5 Å². The van der Waals surface area contributed by atoms with Gasteiger partial charge in [-0.25, -0.2) is 9.97 Å². The molecule has 0 saturated carbocycles. The van der Waals surface area contributed by atoms with E-state index in [0.717, 1.165) is 24.2 Å². The van der Waals surface area contributed by atoms with Crippen molar-refractivity contribution in [2.24, 2.45) is 0 Å². The second-order valence-corrected chi connectivity index (χ2v) is 4.96. The smallest absolute Gasteiger partial charge is 0.222 e. The quantitative estimate of drug-likeness (QED) is 0.777. The van der Waals surface area contributed by atoms with Gasteiger partial charge in [0.1, 0.15) is 0 Å². The van der Waals surface area contributed by atoms with E-state index in [4.69, 9.17) is 11.6 Å². The number of carbonyl (C=O) groups excluding carboxylic acids is 1. The summed E-state index contributed by atoms with van der Waals surface area (Å²) in [7, 11) is 0. The Morgan fingerprint density at radius 1 is 1.53 bits per heavy atom. The molecule has 2 heterocycles. The minimum atomic E-state index is 0.217. The monoisotopic (exact) mass is 253 g/mol. The van der Waals surface area contributed by atoms with E-state index in [2.05, 4.69) is 23.8 Å². The minimum absolute atomic E-state index is 0.217. The van der Waals surface area contributed by atoms with E-state index in [1.54, 1.807) is 6.20 Å². The van der Waals surface area contributed by atoms with E-state index in [9.17, 15) is 4.79 Å². The lowest BCUT2D eigenvalue weighted by Gasteiger charge is -2.18. The van der Waals surface area contributed by atoms with Gasteiger partial charge in [0, 0.05) is 31.3 Å². The van der Waals surface area contributed by atoms with E-state index >= 15 is 0 Å². The third-order valence-corrected chi connectivity index (χ3v) is 3.13. The summed E-state index contributed by atoms with van der Waals surface area (Å²) in [5.74, 6) is 0.498. The first-order chi connectivity index (χ1) is 8.08. The van der Waals surface area contributed by atoms with Crippen LogP contribution in [0.5, 0.6) is 0 Å². The molecular weight excluding hydrogens is 238 g/mol. The lowest BCUT2D eigenvalue weighted by molar-refractivity contribution is -0.128. The fourth-order valence-electron chi connectivity index (χ4n) is 2.10. The van der Waals surface area contributed by atoms with Crippen molar-refractivity contribution in [3.05, 3.63) is 22.7 Å². The van der Waals surface area contributed by atoms with Gasteiger partial charge in [0.2, 0.25) is 11.2 Å². The summed E-state index contributed by atoms with van der Waals surface area (Å²) >= 11 is 5.80. The first-order valence-corrected chi connectivity index (χ1v) is 6.25. The molecule has 0 bridgehead atoms. The zero-order valence-corrected chi connectivity index (χ0v) is 10.9. The first kappa shape index (κ1) is 12.3. The van der Waals surface area contributed by atoms with E-state index in [1.807, 2.05) is 4.90 Å². The summed E-state index contributed by atoms with van der Waals surface area (Å²) in [6.07, 6.45) is 3.34. The molecule has 2 rings (SSSR count). The highest BCUT2D eigenvalue weighted by Crippen LogP contribution is 2.21. The van der Waals surface area contributed by atoms with Crippen LogP contribution in [-0.2, 0) is 11.3 Å². The molecule has 1 aliphatic rings. The van der Waals surface area contributed by atoms with Crippen LogP contribution in [0.4, 0.5) is 0 Å². The molecule has 1 fully saturated rings. The second-order valence-electron chi connectivity index (χ2n) is 4.62. The Hall–Kier alpha value is -1.16. The highest BCUT2D eigenvalue weighted by molar-refractivity contribution is 6.28. The van der Waals surface area contributed by atoms with Crippen molar-refractivity contribution in [1.82, 2.24) is 14.9 Å². The van der Waals surface area contributed by atoms with E-state index < -0.39 is 0 Å². The molecule has 4 nitrogen and oxygen atoms in total. The highest BCUT2D eigenvalue weighted by Gasteiger charge is 2.22. The van der Waals surface area contributed by atoms with Gasteiger partial charge >= 0.3 is 0 Å². The summed E-state index contributed by atoms with van der Waals surface area (Å²) in [5.41, 5.74) is 1.93. The molecule has 92 valence electrons. The van der Waals surface area contributed by atoms with Crippen molar-refractivity contribution < 1.29 is 4.79 Å². The van der Waals surface area contributed by atoms with Crippen LogP contribution in [0, 0.1) is 0 Å². The Balaban J connectivity index is 2.22. The number of halogens is 1. The van der Waals surface area contributed by atoms with Gasteiger partial charge in [-0.3, -0.25) is 4.79 Å². The zero-order chi connectivity index (χ0) is 12.4. The molecule has 0 N–H and O–H groups in total. The van der Waals surface area contributed by atoms with Crippen LogP contribution in [0.2, 0.25) is 5.28 Å². The van der Waals surface area contributed by atoms with E-state index in [0.29, 0.717) is 13.0 Å². The number of rotatable bonds is 3. The molecule has 1 aliphatic heterocycles. The first-order valence-electron chi connectivity index (χ1n) is 5.87. The van der Waals surface area contributed by atoms with Crippen LogP contribution in [-0.4, -0.2) is 27.3 Å². The number of hydrogen-bond donors (Lipinski definition) is 0. The van der Waals surface area contributed by atoms with Gasteiger partial charge in [-0.15, -0.1) is 0 Å². The maximum absolute atomic E-state index is 11.6. The lowest BCUT2D eigenvalue weighted by atomic mass is 10.1. The van der Waals surface area contributed by atoms with Crippen LogP contribution >= 0.6 is 11.6 Å². The van der Waals surface area contributed by atoms with Gasteiger partial charge in [-0.2, -0.15) is 0 Å². The molecule has 0 unspecified atom stereocenters. The van der Waals surface area contributed by atoms with Gasteiger partial charge in [0.05, 0.1) is 5.69 Å². The van der Waals surface area contributed by atoms with Gasteiger partial charge in [-0.05, 0) is 23.9 Å². The molecule has 1 aromatic heterocycles. The van der Waals surface area contributed by atoms with Crippen molar-refractivity contribution in [1.29, 1.82) is 0 Å². The molecule has 1 aromatic rings. The summed E-state index contributed by atoms with van der Waals surface area (Å²) in [6.45, 7) is 5.56. The van der Waals surface area contributed by atoms with Gasteiger partial charge in [0.15, 0.2) is 0 Å². The molecule has 5 heteroatoms. The maximum Gasteiger partial charge on any atom is 0.222 e. The van der Waals surface area contributed by atoms with Crippen molar-refractivity contribution in [2.45, 2.75) is 39.2 Å². The zero-order valence-electron chi connectivity index (χ0n) is 10.1. The Labute approximate surface area is 106 Å². The Morgan fingerprint density at radius 2 is 2.29 bits per heavy atom. The van der Waals surface area contributed by atoms with E-state index in [-0.39, 0.29) is 17.1 Å².